The summed E-state index contributed by atoms with van der Waals surface area (Å²) in [6, 6.07) is 15.7. The minimum Gasteiger partial charge on any atom is -0.357 e. The Labute approximate surface area is 166 Å². The van der Waals surface area contributed by atoms with Gasteiger partial charge in [0.05, 0.1) is 17.4 Å². The van der Waals surface area contributed by atoms with Crippen LogP contribution in [-0.4, -0.2) is 11.7 Å². The van der Waals surface area contributed by atoms with Crippen molar-refractivity contribution in [3.63, 3.8) is 0 Å². The molecule has 0 bridgehead atoms. The van der Waals surface area contributed by atoms with E-state index in [-0.39, 0.29) is 11.7 Å². The van der Waals surface area contributed by atoms with E-state index in [1.807, 2.05) is 55.1 Å². The molecular formula is C24H26N2O2. The number of carbonyl (C=O) groups excluding carboxylic acids is 2. The number of amides is 1. The van der Waals surface area contributed by atoms with E-state index in [0.29, 0.717) is 12.8 Å². The third-order valence-corrected chi connectivity index (χ3v) is 5.56. The Morgan fingerprint density at radius 2 is 1.86 bits per heavy atom. The first-order valence-electron chi connectivity index (χ1n) is 10.1. The second kappa shape index (κ2) is 7.63. The summed E-state index contributed by atoms with van der Waals surface area (Å²) in [5.74, 6) is 0.191. The normalized spacial score (nSPS) is 18.9. The Morgan fingerprint density at radius 3 is 2.61 bits per heavy atom. The quantitative estimate of drug-likeness (QED) is 0.793. The van der Waals surface area contributed by atoms with Crippen LogP contribution < -0.4 is 10.2 Å². The molecule has 0 fully saturated rings. The second-order valence-electron chi connectivity index (χ2n) is 7.64. The molecule has 0 radical (unpaired) electrons. The summed E-state index contributed by atoms with van der Waals surface area (Å²) in [6.07, 6.45) is 3.43. The number of benzene rings is 2. The van der Waals surface area contributed by atoms with Crippen LogP contribution in [0.25, 0.3) is 0 Å². The van der Waals surface area contributed by atoms with Crippen molar-refractivity contribution in [2.24, 2.45) is 0 Å². The Morgan fingerprint density at radius 1 is 1.11 bits per heavy atom. The molecule has 0 saturated carbocycles. The van der Waals surface area contributed by atoms with Gasteiger partial charge in [-0.2, -0.15) is 0 Å². The number of fused-ring (bicyclic) bond motifs is 1. The van der Waals surface area contributed by atoms with Gasteiger partial charge in [0.15, 0.2) is 5.78 Å². The van der Waals surface area contributed by atoms with E-state index in [4.69, 9.17) is 0 Å². The van der Waals surface area contributed by atoms with Crippen molar-refractivity contribution in [3.05, 3.63) is 70.9 Å². The standard InChI is InChI=1S/C24H26N2O2/c1-3-7-22(28)26-20-10-5-4-8-18(20)25-19-9-6-11-21(27)23(19)24(26)17-14-12-16(2)13-15-17/h4-5,8,10,12-15,24-25H,3,6-7,9,11H2,1-2H3/t24-/m0/s1. The van der Waals surface area contributed by atoms with Crippen LogP contribution in [0.3, 0.4) is 0 Å². The van der Waals surface area contributed by atoms with Crippen LogP contribution in [0.5, 0.6) is 0 Å². The van der Waals surface area contributed by atoms with Gasteiger partial charge in [0.25, 0.3) is 0 Å². The zero-order valence-electron chi connectivity index (χ0n) is 16.5. The Bertz CT molecular complexity index is 943. The first kappa shape index (κ1) is 18.5. The van der Waals surface area contributed by atoms with E-state index >= 15 is 0 Å². The first-order valence-corrected chi connectivity index (χ1v) is 10.1. The minimum atomic E-state index is -0.390. The lowest BCUT2D eigenvalue weighted by Gasteiger charge is -2.34. The fraction of sp³-hybridized carbons (Fsp3) is 0.333. The molecular weight excluding hydrogens is 348 g/mol. The summed E-state index contributed by atoms with van der Waals surface area (Å²) in [4.78, 5) is 28.2. The van der Waals surface area contributed by atoms with E-state index in [0.717, 1.165) is 53.0 Å². The molecule has 2 aromatic rings. The van der Waals surface area contributed by atoms with Gasteiger partial charge in [-0.3, -0.25) is 14.5 Å². The van der Waals surface area contributed by atoms with Crippen molar-refractivity contribution in [3.8, 4) is 0 Å². The number of nitrogens with zero attached hydrogens (tertiary/aromatic N) is 1. The molecule has 144 valence electrons. The molecule has 2 aromatic carbocycles. The number of Topliss-reactive ketones (excluding diaryl/α,β-unsaturated/α-hetero) is 1. The molecule has 1 aliphatic heterocycles. The van der Waals surface area contributed by atoms with E-state index in [1.54, 1.807) is 0 Å². The second-order valence-corrected chi connectivity index (χ2v) is 7.64. The lowest BCUT2D eigenvalue weighted by molar-refractivity contribution is -0.119. The average Bonchev–Trinajstić information content (AvgIpc) is 2.84. The third kappa shape index (κ3) is 3.24. The first-order chi connectivity index (χ1) is 13.6. The number of nitrogens with one attached hydrogen (secondary N) is 1. The Balaban J connectivity index is 1.97. The summed E-state index contributed by atoms with van der Waals surface area (Å²) < 4.78 is 0. The maximum absolute atomic E-state index is 13.3. The van der Waals surface area contributed by atoms with Gasteiger partial charge in [0.1, 0.15) is 0 Å². The van der Waals surface area contributed by atoms with Gasteiger partial charge in [0, 0.05) is 24.1 Å². The maximum Gasteiger partial charge on any atom is 0.227 e. The van der Waals surface area contributed by atoms with Gasteiger partial charge < -0.3 is 5.32 Å². The van der Waals surface area contributed by atoms with Crippen LogP contribution in [0.4, 0.5) is 11.4 Å². The van der Waals surface area contributed by atoms with Crippen molar-refractivity contribution >= 4 is 23.1 Å². The zero-order valence-corrected chi connectivity index (χ0v) is 16.5. The topological polar surface area (TPSA) is 49.4 Å². The fourth-order valence-electron chi connectivity index (χ4n) is 4.21. The van der Waals surface area contributed by atoms with Gasteiger partial charge in [-0.1, -0.05) is 48.9 Å². The highest BCUT2D eigenvalue weighted by Gasteiger charge is 2.38. The monoisotopic (exact) mass is 374 g/mol. The molecule has 1 N–H and O–H groups in total. The van der Waals surface area contributed by atoms with Crippen LogP contribution in [0.15, 0.2) is 59.8 Å². The SMILES string of the molecule is CCCC(=O)N1c2ccccc2NC2=C(C(=O)CCC2)[C@@H]1c1ccc(C)cc1. The van der Waals surface area contributed by atoms with Crippen LogP contribution in [0.2, 0.25) is 0 Å². The number of anilines is 2. The Kier molecular flexibility index (Phi) is 5.03. The molecule has 0 unspecified atom stereocenters. The highest BCUT2D eigenvalue weighted by molar-refractivity contribution is 6.06. The van der Waals surface area contributed by atoms with E-state index in [9.17, 15) is 9.59 Å². The summed E-state index contributed by atoms with van der Waals surface area (Å²) in [5.41, 5.74) is 5.58. The molecule has 4 nitrogen and oxygen atoms in total. The van der Waals surface area contributed by atoms with Gasteiger partial charge >= 0.3 is 0 Å². The summed E-state index contributed by atoms with van der Waals surface area (Å²) in [7, 11) is 0. The zero-order chi connectivity index (χ0) is 19.7. The third-order valence-electron chi connectivity index (χ3n) is 5.56. The predicted octanol–water partition coefficient (Wildman–Crippen LogP) is 5.30. The molecule has 28 heavy (non-hydrogen) atoms. The van der Waals surface area contributed by atoms with Crippen molar-refractivity contribution in [1.29, 1.82) is 0 Å². The van der Waals surface area contributed by atoms with Gasteiger partial charge in [-0.15, -0.1) is 0 Å². The molecule has 1 amide bonds. The number of hydrogen-bond acceptors (Lipinski definition) is 3. The Hall–Kier alpha value is -2.88. The summed E-state index contributed by atoms with van der Waals surface area (Å²) in [6.45, 7) is 4.06. The molecule has 0 aromatic heterocycles. The number of hydrogen-bond donors (Lipinski definition) is 1. The highest BCUT2D eigenvalue weighted by atomic mass is 16.2. The van der Waals surface area contributed by atoms with E-state index in [2.05, 4.69) is 17.4 Å². The van der Waals surface area contributed by atoms with Gasteiger partial charge in [-0.25, -0.2) is 0 Å². The van der Waals surface area contributed by atoms with Crippen LogP contribution in [0, 0.1) is 6.92 Å². The molecule has 4 rings (SSSR count). The number of rotatable bonds is 3. The lowest BCUT2D eigenvalue weighted by atomic mass is 9.85. The molecule has 0 saturated heterocycles. The van der Waals surface area contributed by atoms with Crippen LogP contribution >= 0.6 is 0 Å². The molecule has 0 spiro atoms. The predicted molar refractivity (Wildman–Crippen MR) is 112 cm³/mol. The number of para-hydroxylation sites is 2. The molecule has 1 heterocycles. The number of aryl methyl sites for hydroxylation is 1. The smallest absolute Gasteiger partial charge is 0.227 e. The largest absolute Gasteiger partial charge is 0.357 e. The molecule has 4 heteroatoms. The molecule has 2 aliphatic rings. The summed E-state index contributed by atoms with van der Waals surface area (Å²) in [5, 5.41) is 3.49. The number of ketones is 1. The van der Waals surface area contributed by atoms with Crippen molar-refractivity contribution in [2.45, 2.75) is 52.0 Å². The molecule has 1 atom stereocenters. The fourth-order valence-corrected chi connectivity index (χ4v) is 4.21. The minimum absolute atomic E-state index is 0.0504. The van der Waals surface area contributed by atoms with Crippen LogP contribution in [-0.2, 0) is 9.59 Å². The van der Waals surface area contributed by atoms with Gasteiger partial charge in [-0.05, 0) is 43.9 Å². The van der Waals surface area contributed by atoms with E-state index < -0.39 is 6.04 Å². The van der Waals surface area contributed by atoms with E-state index in [1.165, 1.54) is 0 Å². The highest BCUT2D eigenvalue weighted by Crippen LogP contribution is 2.45. The van der Waals surface area contributed by atoms with Crippen LogP contribution in [0.1, 0.15) is 56.2 Å². The van der Waals surface area contributed by atoms with Crippen molar-refractivity contribution < 1.29 is 9.59 Å². The lowest BCUT2D eigenvalue weighted by Crippen LogP contribution is -2.37. The van der Waals surface area contributed by atoms with Crippen molar-refractivity contribution in [2.75, 3.05) is 10.2 Å². The number of allylic oxidation sites excluding steroid dienone is 1. The van der Waals surface area contributed by atoms with Crippen molar-refractivity contribution in [1.82, 2.24) is 0 Å². The maximum atomic E-state index is 13.3. The van der Waals surface area contributed by atoms with Gasteiger partial charge in [0.2, 0.25) is 5.91 Å². The number of carbonyl (C=O) groups is 2. The summed E-state index contributed by atoms with van der Waals surface area (Å²) >= 11 is 0. The average molecular weight is 374 g/mol. The molecule has 1 aliphatic carbocycles.